The van der Waals surface area contributed by atoms with Crippen LogP contribution in [0.4, 0.5) is 5.69 Å². The summed E-state index contributed by atoms with van der Waals surface area (Å²) < 4.78 is 1.78. The standard InChI is InChI=1S/C15H22N4O/c1-17-10-12(8-16-17)19-14-6-7-18(9-11-2-3-11)13(14)4-5-15(19)20/h8,10-11,13-14H,2-7,9H2,1H3/t13-,14-/m1/s1. The summed E-state index contributed by atoms with van der Waals surface area (Å²) in [5.41, 5.74) is 0.973. The number of anilines is 1. The number of nitrogens with zero attached hydrogens (tertiary/aromatic N) is 4. The molecule has 3 fully saturated rings. The Morgan fingerprint density at radius 2 is 2.10 bits per heavy atom. The predicted molar refractivity (Wildman–Crippen MR) is 76.4 cm³/mol. The van der Waals surface area contributed by atoms with Crippen LogP contribution in [0.5, 0.6) is 0 Å². The molecule has 1 amide bonds. The highest BCUT2D eigenvalue weighted by atomic mass is 16.2. The number of amides is 1. The summed E-state index contributed by atoms with van der Waals surface area (Å²) in [7, 11) is 1.91. The van der Waals surface area contributed by atoms with Crippen LogP contribution >= 0.6 is 0 Å². The van der Waals surface area contributed by atoms with Crippen molar-refractivity contribution in [2.75, 3.05) is 18.0 Å². The Labute approximate surface area is 119 Å². The van der Waals surface area contributed by atoms with Crippen molar-refractivity contribution in [1.29, 1.82) is 0 Å². The summed E-state index contributed by atoms with van der Waals surface area (Å²) in [6, 6.07) is 0.924. The maximum Gasteiger partial charge on any atom is 0.227 e. The molecule has 4 rings (SSSR count). The summed E-state index contributed by atoms with van der Waals surface area (Å²) >= 11 is 0. The lowest BCUT2D eigenvalue weighted by atomic mass is 9.96. The monoisotopic (exact) mass is 274 g/mol. The van der Waals surface area contributed by atoms with Gasteiger partial charge in [-0.05, 0) is 31.6 Å². The second-order valence-electron chi connectivity index (χ2n) is 6.54. The van der Waals surface area contributed by atoms with E-state index in [-0.39, 0.29) is 5.91 Å². The average Bonchev–Trinajstić information content (AvgIpc) is 3.00. The number of aryl methyl sites for hydroxylation is 1. The van der Waals surface area contributed by atoms with Gasteiger partial charge in [-0.15, -0.1) is 0 Å². The molecule has 5 heteroatoms. The van der Waals surface area contributed by atoms with Crippen molar-refractivity contribution in [2.45, 2.75) is 44.2 Å². The Kier molecular flexibility index (Phi) is 2.84. The van der Waals surface area contributed by atoms with Gasteiger partial charge in [-0.2, -0.15) is 5.10 Å². The van der Waals surface area contributed by atoms with Crippen LogP contribution in [0.25, 0.3) is 0 Å². The zero-order valence-corrected chi connectivity index (χ0v) is 12.0. The van der Waals surface area contributed by atoms with Crippen molar-refractivity contribution in [1.82, 2.24) is 14.7 Å². The highest BCUT2D eigenvalue weighted by Gasteiger charge is 2.45. The minimum atomic E-state index is 0.271. The molecule has 1 aromatic rings. The van der Waals surface area contributed by atoms with Gasteiger partial charge in [0.15, 0.2) is 0 Å². The van der Waals surface area contributed by atoms with E-state index in [4.69, 9.17) is 0 Å². The van der Waals surface area contributed by atoms with Crippen LogP contribution in [-0.4, -0.2) is 45.8 Å². The van der Waals surface area contributed by atoms with E-state index in [1.54, 1.807) is 4.68 Å². The van der Waals surface area contributed by atoms with Crippen LogP contribution < -0.4 is 4.90 Å². The van der Waals surface area contributed by atoms with E-state index >= 15 is 0 Å². The quantitative estimate of drug-likeness (QED) is 0.836. The van der Waals surface area contributed by atoms with Gasteiger partial charge in [-0.3, -0.25) is 14.4 Å². The third kappa shape index (κ3) is 2.04. The molecule has 1 aromatic heterocycles. The van der Waals surface area contributed by atoms with E-state index in [2.05, 4.69) is 10.00 Å². The number of fused-ring (bicyclic) bond motifs is 1. The molecule has 1 saturated carbocycles. The number of aromatic nitrogens is 2. The maximum atomic E-state index is 12.4. The molecule has 0 aromatic carbocycles. The highest BCUT2D eigenvalue weighted by molar-refractivity contribution is 5.94. The first-order chi connectivity index (χ1) is 9.72. The van der Waals surface area contributed by atoms with Gasteiger partial charge in [0.25, 0.3) is 0 Å². The van der Waals surface area contributed by atoms with E-state index in [9.17, 15) is 4.79 Å². The zero-order valence-electron chi connectivity index (χ0n) is 12.0. The molecule has 2 saturated heterocycles. The molecule has 2 aliphatic heterocycles. The lowest BCUT2D eigenvalue weighted by Crippen LogP contribution is -2.52. The van der Waals surface area contributed by atoms with Gasteiger partial charge in [0.05, 0.1) is 17.9 Å². The normalized spacial score (nSPS) is 30.9. The molecular formula is C15H22N4O. The van der Waals surface area contributed by atoms with Crippen molar-refractivity contribution < 1.29 is 4.79 Å². The smallest absolute Gasteiger partial charge is 0.227 e. The molecule has 20 heavy (non-hydrogen) atoms. The van der Waals surface area contributed by atoms with Gasteiger partial charge >= 0.3 is 0 Å². The lowest BCUT2D eigenvalue weighted by molar-refractivity contribution is -0.120. The fraction of sp³-hybridized carbons (Fsp3) is 0.733. The van der Waals surface area contributed by atoms with E-state index in [1.807, 2.05) is 24.3 Å². The van der Waals surface area contributed by atoms with Crippen molar-refractivity contribution in [2.24, 2.45) is 13.0 Å². The van der Waals surface area contributed by atoms with E-state index in [1.165, 1.54) is 19.4 Å². The Bertz CT molecular complexity index is 522. The fourth-order valence-electron chi connectivity index (χ4n) is 3.88. The Hall–Kier alpha value is -1.36. The number of carbonyl (C=O) groups excluding carboxylic acids is 1. The summed E-state index contributed by atoms with van der Waals surface area (Å²) in [5.74, 6) is 1.20. The van der Waals surface area contributed by atoms with E-state index < -0.39 is 0 Å². The van der Waals surface area contributed by atoms with E-state index in [0.29, 0.717) is 18.5 Å². The molecule has 5 nitrogen and oxygen atoms in total. The Morgan fingerprint density at radius 1 is 1.25 bits per heavy atom. The average molecular weight is 274 g/mol. The lowest BCUT2D eigenvalue weighted by Gasteiger charge is -2.39. The van der Waals surface area contributed by atoms with Gasteiger partial charge in [-0.1, -0.05) is 0 Å². The summed E-state index contributed by atoms with van der Waals surface area (Å²) in [6.45, 7) is 2.39. The van der Waals surface area contributed by atoms with Crippen LogP contribution in [0.15, 0.2) is 12.4 Å². The number of rotatable bonds is 3. The minimum absolute atomic E-state index is 0.271. The summed E-state index contributed by atoms with van der Waals surface area (Å²) in [6.07, 6.45) is 9.41. The van der Waals surface area contributed by atoms with Crippen LogP contribution in [0.3, 0.4) is 0 Å². The largest absolute Gasteiger partial charge is 0.305 e. The number of hydrogen-bond donors (Lipinski definition) is 0. The Morgan fingerprint density at radius 3 is 2.80 bits per heavy atom. The predicted octanol–water partition coefficient (Wildman–Crippen LogP) is 1.40. The van der Waals surface area contributed by atoms with Gasteiger partial charge in [0.1, 0.15) is 0 Å². The fourth-order valence-corrected chi connectivity index (χ4v) is 3.88. The molecule has 0 bridgehead atoms. The molecule has 0 N–H and O–H groups in total. The topological polar surface area (TPSA) is 41.4 Å². The van der Waals surface area contributed by atoms with Gasteiger partial charge in [0.2, 0.25) is 5.91 Å². The minimum Gasteiger partial charge on any atom is -0.305 e. The first-order valence-corrected chi connectivity index (χ1v) is 7.77. The first kappa shape index (κ1) is 12.4. The number of likely N-dealkylation sites (tertiary alicyclic amines) is 1. The maximum absolute atomic E-state index is 12.4. The summed E-state index contributed by atoms with van der Waals surface area (Å²) in [4.78, 5) is 17.0. The molecule has 3 heterocycles. The Balaban J connectivity index is 1.57. The van der Waals surface area contributed by atoms with Crippen molar-refractivity contribution >= 4 is 11.6 Å². The van der Waals surface area contributed by atoms with Gasteiger partial charge in [0, 0.05) is 38.8 Å². The van der Waals surface area contributed by atoms with Crippen LogP contribution in [0, 0.1) is 5.92 Å². The number of carbonyl (C=O) groups is 1. The molecule has 108 valence electrons. The number of piperidine rings is 1. The molecule has 1 aliphatic carbocycles. The third-order valence-electron chi connectivity index (χ3n) is 5.04. The molecule has 0 radical (unpaired) electrons. The highest BCUT2D eigenvalue weighted by Crippen LogP contribution is 2.38. The van der Waals surface area contributed by atoms with Crippen molar-refractivity contribution in [3.63, 3.8) is 0 Å². The second kappa shape index (κ2) is 4.58. The third-order valence-corrected chi connectivity index (χ3v) is 5.04. The number of hydrogen-bond acceptors (Lipinski definition) is 3. The SMILES string of the molecule is Cn1cc(N2C(=O)CC[C@@H]3[C@H]2CCN3CC2CC2)cn1. The van der Waals surface area contributed by atoms with Crippen LogP contribution in [0.2, 0.25) is 0 Å². The zero-order chi connectivity index (χ0) is 13.7. The van der Waals surface area contributed by atoms with Gasteiger partial charge in [-0.25, -0.2) is 0 Å². The molecule has 0 unspecified atom stereocenters. The molecule has 2 atom stereocenters. The summed E-state index contributed by atoms with van der Waals surface area (Å²) in [5, 5.41) is 4.23. The van der Waals surface area contributed by atoms with Crippen molar-refractivity contribution in [3.8, 4) is 0 Å². The van der Waals surface area contributed by atoms with Crippen LogP contribution in [-0.2, 0) is 11.8 Å². The van der Waals surface area contributed by atoms with E-state index in [0.717, 1.165) is 31.0 Å². The second-order valence-corrected chi connectivity index (χ2v) is 6.54. The molecule has 3 aliphatic rings. The first-order valence-electron chi connectivity index (χ1n) is 7.77. The van der Waals surface area contributed by atoms with Crippen LogP contribution in [0.1, 0.15) is 32.1 Å². The van der Waals surface area contributed by atoms with Gasteiger partial charge < -0.3 is 4.90 Å². The molecular weight excluding hydrogens is 252 g/mol. The molecule has 0 spiro atoms. The van der Waals surface area contributed by atoms with Crippen molar-refractivity contribution in [3.05, 3.63) is 12.4 Å².